The third-order valence-electron chi connectivity index (χ3n) is 4.23. The molecule has 0 N–H and O–H groups in total. The van der Waals surface area contributed by atoms with Crippen molar-refractivity contribution in [3.63, 3.8) is 0 Å². The van der Waals surface area contributed by atoms with Crippen LogP contribution in [0.2, 0.25) is 0 Å². The summed E-state index contributed by atoms with van der Waals surface area (Å²) in [6.07, 6.45) is 2.77. The third-order valence-corrected chi connectivity index (χ3v) is 4.23. The van der Waals surface area contributed by atoms with Gasteiger partial charge in [0.25, 0.3) is 0 Å². The van der Waals surface area contributed by atoms with Crippen molar-refractivity contribution in [3.05, 3.63) is 95.1 Å². The van der Waals surface area contributed by atoms with E-state index in [1.54, 1.807) is 0 Å². The van der Waals surface area contributed by atoms with Gasteiger partial charge in [-0.3, -0.25) is 9.59 Å². The van der Waals surface area contributed by atoms with Crippen LogP contribution in [-0.4, -0.2) is 11.6 Å². The van der Waals surface area contributed by atoms with E-state index in [2.05, 4.69) is 0 Å². The number of carbonyl (C=O) groups is 2. The van der Waals surface area contributed by atoms with E-state index in [1.807, 2.05) is 60.7 Å². The minimum Gasteiger partial charge on any atom is -0.290 e. The molecule has 2 aromatic rings. The predicted octanol–water partition coefficient (Wildman–Crippen LogP) is 2.99. The Morgan fingerprint density at radius 3 is 1.33 bits per heavy atom. The molecule has 2 heteroatoms. The Hall–Kier alpha value is -2.74. The smallest absolute Gasteiger partial charge is 0.184 e. The number of rotatable bonds is 2. The van der Waals surface area contributed by atoms with Crippen LogP contribution in [0.1, 0.15) is 11.1 Å². The number of carbonyl (C=O) groups excluding carboxylic acids is 2. The van der Waals surface area contributed by atoms with Crippen molar-refractivity contribution in [1.29, 1.82) is 0 Å². The molecule has 2 aliphatic carbocycles. The molecule has 0 unspecified atom stereocenters. The van der Waals surface area contributed by atoms with Gasteiger partial charge in [0, 0.05) is 11.1 Å². The van der Waals surface area contributed by atoms with Crippen molar-refractivity contribution in [2.45, 2.75) is 5.41 Å². The second-order valence-electron chi connectivity index (χ2n) is 5.29. The largest absolute Gasteiger partial charge is 0.290 e. The number of hydrogen-bond donors (Lipinski definition) is 0. The molecule has 21 heavy (non-hydrogen) atoms. The van der Waals surface area contributed by atoms with Gasteiger partial charge in [-0.2, -0.15) is 0 Å². The maximum atomic E-state index is 12.2. The highest BCUT2D eigenvalue weighted by Gasteiger charge is 2.61. The maximum Gasteiger partial charge on any atom is 0.184 e. The van der Waals surface area contributed by atoms with Crippen molar-refractivity contribution in [2.75, 3.05) is 0 Å². The SMILES string of the molecule is O=C1C=CC(=O)C2=C1C2(c1ccccc1)c1ccccc1. The summed E-state index contributed by atoms with van der Waals surface area (Å²) < 4.78 is 0. The Morgan fingerprint density at radius 1 is 0.571 bits per heavy atom. The zero-order chi connectivity index (χ0) is 14.4. The highest BCUT2D eigenvalue weighted by Crippen LogP contribution is 2.60. The zero-order valence-corrected chi connectivity index (χ0v) is 11.2. The Balaban J connectivity index is 1.96. The second kappa shape index (κ2) is 4.13. The molecule has 2 aromatic carbocycles. The van der Waals surface area contributed by atoms with Crippen LogP contribution in [0.25, 0.3) is 0 Å². The van der Waals surface area contributed by atoms with Crippen molar-refractivity contribution in [2.24, 2.45) is 0 Å². The lowest BCUT2D eigenvalue weighted by molar-refractivity contribution is -0.113. The van der Waals surface area contributed by atoms with Gasteiger partial charge in [-0.1, -0.05) is 60.7 Å². The number of hydrogen-bond acceptors (Lipinski definition) is 2. The molecule has 0 saturated heterocycles. The summed E-state index contributed by atoms with van der Waals surface area (Å²) in [5.74, 6) is -0.116. The third kappa shape index (κ3) is 1.47. The molecule has 0 aromatic heterocycles. The summed E-state index contributed by atoms with van der Waals surface area (Å²) in [6, 6.07) is 19.5. The minimum atomic E-state index is -0.653. The molecule has 0 amide bonds. The Bertz CT molecular complexity index is 742. The van der Waals surface area contributed by atoms with E-state index in [9.17, 15) is 9.59 Å². The van der Waals surface area contributed by atoms with E-state index in [1.165, 1.54) is 12.2 Å². The van der Waals surface area contributed by atoms with Gasteiger partial charge >= 0.3 is 0 Å². The van der Waals surface area contributed by atoms with Gasteiger partial charge in [-0.05, 0) is 23.3 Å². The standard InChI is InChI=1S/C19H12O2/c20-15-11-12-16(21)18-17(15)19(18,13-7-3-1-4-8-13)14-9-5-2-6-10-14/h1-12H. The molecule has 0 radical (unpaired) electrons. The topological polar surface area (TPSA) is 34.1 Å². The van der Waals surface area contributed by atoms with Crippen LogP contribution >= 0.6 is 0 Å². The van der Waals surface area contributed by atoms with E-state index < -0.39 is 5.41 Å². The molecule has 0 heterocycles. The first-order valence-electron chi connectivity index (χ1n) is 6.89. The van der Waals surface area contributed by atoms with Crippen molar-refractivity contribution >= 4 is 11.6 Å². The zero-order valence-electron chi connectivity index (χ0n) is 11.2. The molecule has 2 aliphatic rings. The van der Waals surface area contributed by atoms with Crippen LogP contribution in [0.15, 0.2) is 84.0 Å². The van der Waals surface area contributed by atoms with Gasteiger partial charge in [-0.15, -0.1) is 0 Å². The fourth-order valence-electron chi connectivity index (χ4n) is 3.34. The first-order valence-corrected chi connectivity index (χ1v) is 6.89. The minimum absolute atomic E-state index is 0.0580. The van der Waals surface area contributed by atoms with Crippen molar-refractivity contribution < 1.29 is 9.59 Å². The van der Waals surface area contributed by atoms with E-state index >= 15 is 0 Å². The normalized spacial score (nSPS) is 18.7. The molecule has 0 saturated carbocycles. The molecule has 0 bridgehead atoms. The van der Waals surface area contributed by atoms with Gasteiger partial charge in [-0.25, -0.2) is 0 Å². The van der Waals surface area contributed by atoms with Crippen LogP contribution in [0, 0.1) is 0 Å². The fraction of sp³-hybridized carbons (Fsp3) is 0.0526. The number of ketones is 2. The maximum absolute atomic E-state index is 12.2. The molecule has 100 valence electrons. The summed E-state index contributed by atoms with van der Waals surface area (Å²) in [6.45, 7) is 0. The van der Waals surface area contributed by atoms with Gasteiger partial charge < -0.3 is 0 Å². The van der Waals surface area contributed by atoms with Gasteiger partial charge in [0.2, 0.25) is 0 Å². The summed E-state index contributed by atoms with van der Waals surface area (Å²) in [5.41, 5.74) is 2.57. The number of benzene rings is 2. The summed E-state index contributed by atoms with van der Waals surface area (Å²) >= 11 is 0. The van der Waals surface area contributed by atoms with Crippen LogP contribution < -0.4 is 0 Å². The molecular formula is C19H12O2. The van der Waals surface area contributed by atoms with E-state index in [-0.39, 0.29) is 11.6 Å². The number of allylic oxidation sites excluding steroid dienone is 4. The average Bonchev–Trinajstić information content (AvgIpc) is 3.25. The Kier molecular flexibility index (Phi) is 2.36. The van der Waals surface area contributed by atoms with Crippen LogP contribution in [-0.2, 0) is 15.0 Å². The van der Waals surface area contributed by atoms with Crippen molar-refractivity contribution in [3.8, 4) is 0 Å². The Morgan fingerprint density at radius 2 is 0.952 bits per heavy atom. The predicted molar refractivity (Wildman–Crippen MR) is 79.8 cm³/mol. The van der Waals surface area contributed by atoms with Crippen LogP contribution in [0.3, 0.4) is 0 Å². The van der Waals surface area contributed by atoms with E-state index in [0.29, 0.717) is 11.1 Å². The molecule has 0 aliphatic heterocycles. The fourth-order valence-corrected chi connectivity index (χ4v) is 3.34. The summed E-state index contributed by atoms with van der Waals surface area (Å²) in [5, 5.41) is 0. The quantitative estimate of drug-likeness (QED) is 0.788. The molecule has 0 spiro atoms. The summed E-state index contributed by atoms with van der Waals surface area (Å²) in [4.78, 5) is 24.5. The van der Waals surface area contributed by atoms with Crippen LogP contribution in [0.4, 0.5) is 0 Å². The molecule has 2 nitrogen and oxygen atoms in total. The lowest BCUT2D eigenvalue weighted by Crippen LogP contribution is -2.18. The van der Waals surface area contributed by atoms with Gasteiger partial charge in [0.1, 0.15) is 0 Å². The lowest BCUT2D eigenvalue weighted by Gasteiger charge is -2.20. The average molecular weight is 272 g/mol. The highest BCUT2D eigenvalue weighted by molar-refractivity contribution is 6.30. The lowest BCUT2D eigenvalue weighted by atomic mass is 9.80. The van der Waals surface area contributed by atoms with Gasteiger partial charge in [0.15, 0.2) is 11.6 Å². The highest BCUT2D eigenvalue weighted by atomic mass is 16.1. The monoisotopic (exact) mass is 272 g/mol. The molecular weight excluding hydrogens is 260 g/mol. The molecule has 0 fully saturated rings. The van der Waals surface area contributed by atoms with Crippen molar-refractivity contribution in [1.82, 2.24) is 0 Å². The van der Waals surface area contributed by atoms with Crippen LogP contribution in [0.5, 0.6) is 0 Å². The Labute approximate surface area is 122 Å². The van der Waals surface area contributed by atoms with E-state index in [4.69, 9.17) is 0 Å². The second-order valence-corrected chi connectivity index (χ2v) is 5.29. The molecule has 0 atom stereocenters. The molecule has 4 rings (SSSR count). The summed E-state index contributed by atoms with van der Waals surface area (Å²) in [7, 11) is 0. The first-order chi connectivity index (χ1) is 10.3. The van der Waals surface area contributed by atoms with E-state index in [0.717, 1.165) is 11.1 Å². The van der Waals surface area contributed by atoms with Gasteiger partial charge in [0.05, 0.1) is 5.41 Å². The first kappa shape index (κ1) is 12.0.